The molecule has 236 valence electrons. The van der Waals surface area contributed by atoms with Crippen LogP contribution in [0.1, 0.15) is 78.6 Å². The van der Waals surface area contributed by atoms with Crippen LogP contribution in [0.25, 0.3) is 11.0 Å². The first-order valence-electron chi connectivity index (χ1n) is 13.0. The highest BCUT2D eigenvalue weighted by Crippen LogP contribution is 2.42. The lowest BCUT2D eigenvalue weighted by atomic mass is 9.81. The number of hydrogen-bond acceptors (Lipinski definition) is 6. The Morgan fingerprint density at radius 3 is 2.30 bits per heavy atom. The number of hydrogen-bond donors (Lipinski definition) is 3. The molecule has 0 spiro atoms. The molecule has 0 aliphatic heterocycles. The second-order valence-corrected chi connectivity index (χ2v) is 10.5. The Morgan fingerprint density at radius 2 is 1.74 bits per heavy atom. The van der Waals surface area contributed by atoms with Crippen molar-refractivity contribution in [2.45, 2.75) is 82.2 Å². The Hall–Kier alpha value is -3.86. The van der Waals surface area contributed by atoms with Crippen LogP contribution in [0, 0.1) is 18.7 Å². The van der Waals surface area contributed by atoms with Crippen LogP contribution in [0.4, 0.5) is 39.5 Å². The molecule has 2 amide bonds. The average molecular weight is 628 g/mol. The van der Waals surface area contributed by atoms with Gasteiger partial charge in [0.2, 0.25) is 11.8 Å². The summed E-state index contributed by atoms with van der Waals surface area (Å²) in [6.45, 7) is 1.94. The number of benzene rings is 1. The number of aromatic nitrogens is 4. The quantitative estimate of drug-likeness (QED) is 0.271. The summed E-state index contributed by atoms with van der Waals surface area (Å²) in [6.07, 6.45) is -13.2. The zero-order valence-corrected chi connectivity index (χ0v) is 22.5. The van der Waals surface area contributed by atoms with E-state index in [1.165, 1.54) is 12.2 Å². The molecular formula is C25H25F9N6O3. The first kappa shape index (κ1) is 32.1. The van der Waals surface area contributed by atoms with E-state index in [-0.39, 0.29) is 35.6 Å². The number of nitrogens with zero attached hydrogens (tertiary/aromatic N) is 3. The highest BCUT2D eigenvalue weighted by Gasteiger charge is 2.43. The summed E-state index contributed by atoms with van der Waals surface area (Å²) in [5.74, 6) is -10.0. The standard InChI is InChI=1S/C25H25F9N6O3/c1-10-17(40-43-39-10)22(42)38-18(12-5-7-23(27,28)8-6-12)20-36-15-4-3-13(16(26)19(15)37-20)14(9-24(29,30)31)21(41)35-11(2)25(32,33)34/h3-4,11-12,14,18H,5-9H2,1-2H3,(H,35,41)(H,36,37)(H,38,42)/t11-,14?,18?/m0/s1. The highest BCUT2D eigenvalue weighted by atomic mass is 19.4. The van der Waals surface area contributed by atoms with Crippen molar-refractivity contribution in [1.82, 2.24) is 30.9 Å². The number of carbonyl (C=O) groups is 2. The molecule has 1 aliphatic rings. The number of nitrogens with one attached hydrogen (secondary N) is 3. The lowest BCUT2D eigenvalue weighted by Crippen LogP contribution is -2.45. The van der Waals surface area contributed by atoms with Gasteiger partial charge < -0.3 is 15.6 Å². The van der Waals surface area contributed by atoms with E-state index in [2.05, 4.69) is 30.2 Å². The second-order valence-electron chi connectivity index (χ2n) is 10.5. The van der Waals surface area contributed by atoms with Gasteiger partial charge in [-0.2, -0.15) is 26.3 Å². The summed E-state index contributed by atoms with van der Waals surface area (Å²) in [5.41, 5.74) is -1.64. The molecule has 2 unspecified atom stereocenters. The minimum absolute atomic E-state index is 0.0794. The molecule has 1 aliphatic carbocycles. The second kappa shape index (κ2) is 11.7. The molecule has 1 aromatic carbocycles. The maximum absolute atomic E-state index is 15.7. The van der Waals surface area contributed by atoms with Crippen molar-refractivity contribution >= 4 is 22.8 Å². The lowest BCUT2D eigenvalue weighted by molar-refractivity contribution is -0.162. The number of rotatable bonds is 8. The first-order valence-corrected chi connectivity index (χ1v) is 13.0. The van der Waals surface area contributed by atoms with Gasteiger partial charge in [-0.1, -0.05) is 11.2 Å². The predicted octanol–water partition coefficient (Wildman–Crippen LogP) is 5.79. The fraction of sp³-hybridized carbons (Fsp3) is 0.560. The maximum atomic E-state index is 15.7. The van der Waals surface area contributed by atoms with Crippen molar-refractivity contribution in [3.63, 3.8) is 0 Å². The van der Waals surface area contributed by atoms with Gasteiger partial charge in [-0.3, -0.25) is 9.59 Å². The third-order valence-electron chi connectivity index (χ3n) is 7.30. The molecule has 0 bridgehead atoms. The molecule has 3 atom stereocenters. The van der Waals surface area contributed by atoms with Gasteiger partial charge in [0.05, 0.1) is 23.9 Å². The summed E-state index contributed by atoms with van der Waals surface area (Å²) in [6, 6.07) is -1.76. The number of imidazole rings is 1. The molecule has 3 N–H and O–H groups in total. The number of halogens is 9. The Morgan fingerprint density at radius 1 is 1.09 bits per heavy atom. The molecular weight excluding hydrogens is 603 g/mol. The molecule has 2 aromatic heterocycles. The fourth-order valence-electron chi connectivity index (χ4n) is 4.92. The highest BCUT2D eigenvalue weighted by molar-refractivity contribution is 5.93. The number of aromatic amines is 1. The van der Waals surface area contributed by atoms with Gasteiger partial charge in [-0.05, 0) is 43.8 Å². The van der Waals surface area contributed by atoms with Crippen molar-refractivity contribution < 1.29 is 53.7 Å². The lowest BCUT2D eigenvalue weighted by Gasteiger charge is -2.33. The fourth-order valence-corrected chi connectivity index (χ4v) is 4.92. The van der Waals surface area contributed by atoms with Gasteiger partial charge in [0.15, 0.2) is 11.5 Å². The topological polar surface area (TPSA) is 126 Å². The number of alkyl halides is 8. The monoisotopic (exact) mass is 628 g/mol. The Balaban J connectivity index is 1.72. The Labute approximate surface area is 236 Å². The van der Waals surface area contributed by atoms with Crippen LogP contribution >= 0.6 is 0 Å². The smallest absolute Gasteiger partial charge is 0.344 e. The molecule has 1 fully saturated rings. The normalized spacial score (nSPS) is 18.3. The van der Waals surface area contributed by atoms with Gasteiger partial charge in [0.1, 0.15) is 23.1 Å². The van der Waals surface area contributed by atoms with E-state index in [1.807, 2.05) is 0 Å². The van der Waals surface area contributed by atoms with Crippen LogP contribution in [0.5, 0.6) is 0 Å². The zero-order valence-electron chi connectivity index (χ0n) is 22.5. The number of aryl methyl sites for hydroxylation is 1. The van der Waals surface area contributed by atoms with E-state index >= 15 is 4.39 Å². The molecule has 3 aromatic rings. The summed E-state index contributed by atoms with van der Waals surface area (Å²) >= 11 is 0. The van der Waals surface area contributed by atoms with E-state index in [1.54, 1.807) is 0 Å². The minimum atomic E-state index is -5.06. The molecule has 0 radical (unpaired) electrons. The van der Waals surface area contributed by atoms with Crippen LogP contribution in [0.3, 0.4) is 0 Å². The summed E-state index contributed by atoms with van der Waals surface area (Å²) < 4.78 is 127. The predicted molar refractivity (Wildman–Crippen MR) is 129 cm³/mol. The molecule has 1 saturated carbocycles. The Bertz CT molecular complexity index is 1470. The van der Waals surface area contributed by atoms with Crippen molar-refractivity contribution in [1.29, 1.82) is 0 Å². The van der Waals surface area contributed by atoms with Crippen molar-refractivity contribution in [2.75, 3.05) is 0 Å². The SMILES string of the molecule is Cc1nonc1C(=O)NC(c1nc2c(F)c(C(CC(F)(F)F)C(=O)N[C@@H](C)C(F)(F)F)ccc2[nH]1)C1CCC(F)(F)CC1. The van der Waals surface area contributed by atoms with E-state index in [4.69, 9.17) is 0 Å². The minimum Gasteiger partial charge on any atom is -0.344 e. The number of amides is 2. The van der Waals surface area contributed by atoms with Crippen LogP contribution in [-0.4, -0.2) is 56.4 Å². The Kier molecular flexibility index (Phi) is 8.70. The molecule has 9 nitrogen and oxygen atoms in total. The van der Waals surface area contributed by atoms with Gasteiger partial charge in [-0.15, -0.1) is 0 Å². The summed E-state index contributed by atoms with van der Waals surface area (Å²) in [7, 11) is 0. The van der Waals surface area contributed by atoms with Crippen LogP contribution in [0.2, 0.25) is 0 Å². The molecule has 0 saturated heterocycles. The van der Waals surface area contributed by atoms with Crippen LogP contribution < -0.4 is 10.6 Å². The summed E-state index contributed by atoms with van der Waals surface area (Å²) in [5, 5.41) is 11.0. The zero-order chi connectivity index (χ0) is 31.9. The van der Waals surface area contributed by atoms with Gasteiger partial charge in [0.25, 0.3) is 5.91 Å². The van der Waals surface area contributed by atoms with Gasteiger partial charge in [0, 0.05) is 18.4 Å². The third-order valence-corrected chi connectivity index (χ3v) is 7.30. The number of carbonyl (C=O) groups excluding carboxylic acids is 2. The van der Waals surface area contributed by atoms with Crippen LogP contribution in [-0.2, 0) is 4.79 Å². The molecule has 43 heavy (non-hydrogen) atoms. The van der Waals surface area contributed by atoms with E-state index < -0.39 is 90.2 Å². The van der Waals surface area contributed by atoms with Crippen LogP contribution in [0.15, 0.2) is 16.8 Å². The maximum Gasteiger partial charge on any atom is 0.408 e. The molecule has 18 heteroatoms. The van der Waals surface area contributed by atoms with Crippen molar-refractivity contribution in [3.05, 3.63) is 40.7 Å². The van der Waals surface area contributed by atoms with E-state index in [9.17, 15) is 44.7 Å². The van der Waals surface area contributed by atoms with E-state index in [0.29, 0.717) is 6.92 Å². The third kappa shape index (κ3) is 7.38. The molecule has 2 heterocycles. The van der Waals surface area contributed by atoms with Crippen molar-refractivity contribution in [3.8, 4) is 0 Å². The average Bonchev–Trinajstić information content (AvgIpc) is 3.52. The van der Waals surface area contributed by atoms with Gasteiger partial charge >= 0.3 is 12.4 Å². The van der Waals surface area contributed by atoms with Gasteiger partial charge in [-0.25, -0.2) is 22.8 Å². The number of fused-ring (bicyclic) bond motifs is 1. The number of H-pyrrole nitrogens is 1. The molecule has 4 rings (SSSR count). The van der Waals surface area contributed by atoms with E-state index in [0.717, 1.165) is 12.1 Å². The van der Waals surface area contributed by atoms with Crippen molar-refractivity contribution in [2.24, 2.45) is 5.92 Å². The largest absolute Gasteiger partial charge is 0.408 e. The summed E-state index contributed by atoms with van der Waals surface area (Å²) in [4.78, 5) is 32.3. The first-order chi connectivity index (χ1) is 19.9.